The van der Waals surface area contributed by atoms with E-state index in [1.165, 1.54) is 12.1 Å². The predicted octanol–water partition coefficient (Wildman–Crippen LogP) is 2.68. The molecule has 0 aliphatic heterocycles. The number of aliphatic hydroxyl groups excluding tert-OH is 1. The summed E-state index contributed by atoms with van der Waals surface area (Å²) in [6.45, 7) is 0.204. The van der Waals surface area contributed by atoms with Gasteiger partial charge in [-0.25, -0.2) is 13.9 Å². The molecule has 0 bridgehead atoms. The first kappa shape index (κ1) is 16.4. The maximum Gasteiger partial charge on any atom is 0.319 e. The van der Waals surface area contributed by atoms with Crippen molar-refractivity contribution in [2.24, 2.45) is 5.92 Å². The number of amides is 2. The van der Waals surface area contributed by atoms with Crippen LogP contribution in [0, 0.1) is 11.7 Å². The van der Waals surface area contributed by atoms with Crippen LogP contribution < -0.4 is 10.6 Å². The molecule has 24 heavy (non-hydrogen) atoms. The average molecular weight is 332 g/mol. The first-order valence-corrected chi connectivity index (χ1v) is 8.13. The van der Waals surface area contributed by atoms with Crippen molar-refractivity contribution >= 4 is 11.7 Å². The van der Waals surface area contributed by atoms with Crippen LogP contribution in [0.2, 0.25) is 0 Å². The predicted molar refractivity (Wildman–Crippen MR) is 88.5 cm³/mol. The first-order valence-electron chi connectivity index (χ1n) is 8.13. The lowest BCUT2D eigenvalue weighted by molar-refractivity contribution is 0.176. The molecule has 1 aromatic carbocycles. The average Bonchev–Trinajstić information content (AvgIpc) is 3.10. The quantitative estimate of drug-likeness (QED) is 0.805. The zero-order chi connectivity index (χ0) is 16.9. The SMILES string of the molecule is O=C(Nc1cc(F)ccc1-n1cccn1)NC1CCC(CO)CC1. The third kappa shape index (κ3) is 3.91. The van der Waals surface area contributed by atoms with E-state index in [1.54, 1.807) is 29.2 Å². The van der Waals surface area contributed by atoms with Gasteiger partial charge in [0.05, 0.1) is 11.4 Å². The summed E-state index contributed by atoms with van der Waals surface area (Å²) < 4.78 is 15.1. The molecule has 7 heteroatoms. The first-order chi connectivity index (χ1) is 11.7. The lowest BCUT2D eigenvalue weighted by atomic mass is 9.87. The number of halogens is 1. The van der Waals surface area contributed by atoms with Gasteiger partial charge in [0.2, 0.25) is 0 Å². The van der Waals surface area contributed by atoms with E-state index >= 15 is 0 Å². The van der Waals surface area contributed by atoms with E-state index in [1.807, 2.05) is 0 Å². The summed E-state index contributed by atoms with van der Waals surface area (Å²) >= 11 is 0. The lowest BCUT2D eigenvalue weighted by Crippen LogP contribution is -2.40. The van der Waals surface area contributed by atoms with E-state index in [4.69, 9.17) is 5.11 Å². The van der Waals surface area contributed by atoms with Crippen LogP contribution in [0.1, 0.15) is 25.7 Å². The Hall–Kier alpha value is -2.41. The van der Waals surface area contributed by atoms with Crippen LogP contribution in [0.5, 0.6) is 0 Å². The molecular weight excluding hydrogens is 311 g/mol. The Morgan fingerprint density at radius 1 is 1.33 bits per heavy atom. The summed E-state index contributed by atoms with van der Waals surface area (Å²) in [7, 11) is 0. The summed E-state index contributed by atoms with van der Waals surface area (Å²) in [5, 5.41) is 18.9. The summed E-state index contributed by atoms with van der Waals surface area (Å²) in [5.41, 5.74) is 0.959. The highest BCUT2D eigenvalue weighted by molar-refractivity contribution is 5.91. The molecule has 0 unspecified atom stereocenters. The van der Waals surface area contributed by atoms with Gasteiger partial charge in [-0.15, -0.1) is 0 Å². The van der Waals surface area contributed by atoms with Crippen LogP contribution >= 0.6 is 0 Å². The molecular formula is C17H21FN4O2. The van der Waals surface area contributed by atoms with Crippen LogP contribution in [0.4, 0.5) is 14.9 Å². The Labute approximate surface area is 139 Å². The van der Waals surface area contributed by atoms with Gasteiger partial charge in [-0.3, -0.25) is 0 Å². The maximum absolute atomic E-state index is 13.6. The molecule has 1 fully saturated rings. The Balaban J connectivity index is 1.65. The van der Waals surface area contributed by atoms with E-state index in [0.29, 0.717) is 17.3 Å². The van der Waals surface area contributed by atoms with E-state index < -0.39 is 5.82 Å². The third-order valence-electron chi connectivity index (χ3n) is 4.40. The molecule has 0 atom stereocenters. The third-order valence-corrected chi connectivity index (χ3v) is 4.40. The van der Waals surface area contributed by atoms with Crippen LogP contribution in [-0.2, 0) is 0 Å². The van der Waals surface area contributed by atoms with Crippen LogP contribution in [0.25, 0.3) is 5.69 Å². The largest absolute Gasteiger partial charge is 0.396 e. The number of urea groups is 1. The number of carbonyl (C=O) groups excluding carboxylic acids is 1. The smallest absolute Gasteiger partial charge is 0.319 e. The Morgan fingerprint density at radius 3 is 2.79 bits per heavy atom. The lowest BCUT2D eigenvalue weighted by Gasteiger charge is -2.28. The van der Waals surface area contributed by atoms with Crippen molar-refractivity contribution in [2.75, 3.05) is 11.9 Å². The molecule has 1 aliphatic carbocycles. The fraction of sp³-hybridized carbons (Fsp3) is 0.412. The fourth-order valence-corrected chi connectivity index (χ4v) is 3.05. The normalized spacial score (nSPS) is 20.6. The zero-order valence-electron chi connectivity index (χ0n) is 13.3. The molecule has 6 nitrogen and oxygen atoms in total. The van der Waals surface area contributed by atoms with Gasteiger partial charge in [0.15, 0.2) is 0 Å². The second-order valence-electron chi connectivity index (χ2n) is 6.11. The Kier molecular flexibility index (Phi) is 5.10. The number of hydrogen-bond acceptors (Lipinski definition) is 3. The van der Waals surface area contributed by atoms with Crippen LogP contribution in [0.15, 0.2) is 36.7 Å². The number of rotatable bonds is 4. The van der Waals surface area contributed by atoms with E-state index in [-0.39, 0.29) is 18.7 Å². The molecule has 0 saturated heterocycles. The summed E-state index contributed by atoms with van der Waals surface area (Å²) in [6.07, 6.45) is 6.83. The van der Waals surface area contributed by atoms with Gasteiger partial charge in [0.1, 0.15) is 5.82 Å². The number of nitrogens with zero attached hydrogens (tertiary/aromatic N) is 2. The van der Waals surface area contributed by atoms with Crippen molar-refractivity contribution in [3.05, 3.63) is 42.5 Å². The van der Waals surface area contributed by atoms with Crippen molar-refractivity contribution in [1.82, 2.24) is 15.1 Å². The zero-order valence-corrected chi connectivity index (χ0v) is 13.3. The van der Waals surface area contributed by atoms with Gasteiger partial charge in [0.25, 0.3) is 0 Å². The molecule has 3 N–H and O–H groups in total. The number of aromatic nitrogens is 2. The molecule has 3 rings (SSSR count). The van der Waals surface area contributed by atoms with Crippen molar-refractivity contribution in [3.63, 3.8) is 0 Å². The van der Waals surface area contributed by atoms with Gasteiger partial charge in [-0.1, -0.05) is 0 Å². The number of hydrogen-bond donors (Lipinski definition) is 3. The van der Waals surface area contributed by atoms with Crippen LogP contribution in [-0.4, -0.2) is 33.6 Å². The summed E-state index contributed by atoms with van der Waals surface area (Å²) in [6, 6.07) is 5.66. The molecule has 1 saturated carbocycles. The van der Waals surface area contributed by atoms with E-state index in [2.05, 4.69) is 15.7 Å². The topological polar surface area (TPSA) is 79.2 Å². The molecule has 1 aromatic heterocycles. The number of carbonyl (C=O) groups is 1. The van der Waals surface area contributed by atoms with Gasteiger partial charge < -0.3 is 15.7 Å². The maximum atomic E-state index is 13.6. The number of nitrogens with one attached hydrogen (secondary N) is 2. The van der Waals surface area contributed by atoms with E-state index in [9.17, 15) is 9.18 Å². The van der Waals surface area contributed by atoms with Gasteiger partial charge >= 0.3 is 6.03 Å². The molecule has 0 spiro atoms. The minimum absolute atomic E-state index is 0.0783. The molecule has 2 amide bonds. The fourth-order valence-electron chi connectivity index (χ4n) is 3.05. The molecule has 0 radical (unpaired) electrons. The standard InChI is InChI=1S/C17H21FN4O2/c18-13-4-7-16(22-9-1-8-19-22)15(10-13)21-17(24)20-14-5-2-12(11-23)3-6-14/h1,4,7-10,12,14,23H,2-3,5-6,11H2,(H2,20,21,24). The number of benzene rings is 1. The highest BCUT2D eigenvalue weighted by Gasteiger charge is 2.22. The van der Waals surface area contributed by atoms with Crippen molar-refractivity contribution in [2.45, 2.75) is 31.7 Å². The Morgan fingerprint density at radius 2 is 2.12 bits per heavy atom. The van der Waals surface area contributed by atoms with Crippen molar-refractivity contribution < 1.29 is 14.3 Å². The summed E-state index contributed by atoms with van der Waals surface area (Å²) in [5.74, 6) is -0.0922. The number of anilines is 1. The minimum atomic E-state index is -0.426. The molecule has 1 aliphatic rings. The van der Waals surface area contributed by atoms with Gasteiger partial charge in [-0.2, -0.15) is 5.10 Å². The molecule has 128 valence electrons. The monoisotopic (exact) mass is 332 g/mol. The highest BCUT2D eigenvalue weighted by atomic mass is 19.1. The van der Waals surface area contributed by atoms with Crippen LogP contribution in [0.3, 0.4) is 0 Å². The van der Waals surface area contributed by atoms with Crippen molar-refractivity contribution in [1.29, 1.82) is 0 Å². The second-order valence-corrected chi connectivity index (χ2v) is 6.11. The van der Waals surface area contributed by atoms with Crippen molar-refractivity contribution in [3.8, 4) is 5.69 Å². The van der Waals surface area contributed by atoms with E-state index in [0.717, 1.165) is 25.7 Å². The minimum Gasteiger partial charge on any atom is -0.396 e. The molecule has 1 heterocycles. The van der Waals surface area contributed by atoms with Gasteiger partial charge in [0, 0.05) is 25.0 Å². The number of aliphatic hydroxyl groups is 1. The highest BCUT2D eigenvalue weighted by Crippen LogP contribution is 2.24. The molecule has 2 aromatic rings. The second kappa shape index (κ2) is 7.44. The summed E-state index contributed by atoms with van der Waals surface area (Å²) in [4.78, 5) is 12.2. The Bertz CT molecular complexity index is 682. The van der Waals surface area contributed by atoms with Gasteiger partial charge in [-0.05, 0) is 55.9 Å².